The first kappa shape index (κ1) is 22.7. The average molecular weight is 473 g/mol. The van der Waals surface area contributed by atoms with E-state index in [0.717, 1.165) is 43.1 Å². The fourth-order valence-electron chi connectivity index (χ4n) is 5.04. The largest absolute Gasteiger partial charge is 0.493 e. The van der Waals surface area contributed by atoms with E-state index >= 15 is 0 Å². The number of amides is 1. The van der Waals surface area contributed by atoms with E-state index in [1.807, 2.05) is 34.9 Å². The highest BCUT2D eigenvalue weighted by Crippen LogP contribution is 2.36. The zero-order valence-corrected chi connectivity index (χ0v) is 19.8. The molecule has 4 heterocycles. The molecule has 0 saturated carbocycles. The van der Waals surface area contributed by atoms with E-state index in [0.29, 0.717) is 29.0 Å². The van der Waals surface area contributed by atoms with Crippen LogP contribution in [0.25, 0.3) is 6.08 Å². The number of fused-ring (bicyclic) bond motifs is 4. The summed E-state index contributed by atoms with van der Waals surface area (Å²) >= 11 is 0. The first-order chi connectivity index (χ1) is 17.0. The van der Waals surface area contributed by atoms with Gasteiger partial charge < -0.3 is 24.3 Å². The molecule has 2 bridgehead atoms. The molecule has 0 aliphatic carbocycles. The molecule has 2 aromatic heterocycles. The Kier molecular flexibility index (Phi) is 6.27. The Bertz CT molecular complexity index is 1320. The zero-order valence-electron chi connectivity index (χ0n) is 19.8. The molecular weight excluding hydrogens is 444 g/mol. The summed E-state index contributed by atoms with van der Waals surface area (Å²) in [6.45, 7) is 2.44. The number of aromatic nitrogens is 2. The van der Waals surface area contributed by atoms with E-state index in [4.69, 9.17) is 9.47 Å². The molecule has 1 saturated heterocycles. The van der Waals surface area contributed by atoms with E-state index in [-0.39, 0.29) is 11.5 Å². The molecule has 2 aliphatic rings. The monoisotopic (exact) mass is 472 g/mol. The number of hydrogen-bond donors (Lipinski definition) is 1. The number of rotatable bonds is 6. The number of methoxy groups -OCH3 is 2. The van der Waals surface area contributed by atoms with Gasteiger partial charge in [-0.15, -0.1) is 0 Å². The number of nitrogens with one attached hydrogen (secondary N) is 1. The van der Waals surface area contributed by atoms with Gasteiger partial charge in [0.15, 0.2) is 11.5 Å². The van der Waals surface area contributed by atoms with Gasteiger partial charge in [0.2, 0.25) is 5.91 Å². The molecule has 3 aromatic rings. The maximum absolute atomic E-state index is 12.4. The normalized spacial score (nSPS) is 18.7. The number of carbonyl (C=O) groups excluding carboxylic acids is 1. The van der Waals surface area contributed by atoms with Gasteiger partial charge >= 0.3 is 0 Å². The first-order valence-corrected chi connectivity index (χ1v) is 11.7. The highest BCUT2D eigenvalue weighted by molar-refractivity contribution is 6.01. The van der Waals surface area contributed by atoms with Crippen LogP contribution in [0.5, 0.6) is 11.5 Å². The van der Waals surface area contributed by atoms with Gasteiger partial charge in [-0.3, -0.25) is 9.59 Å². The van der Waals surface area contributed by atoms with Crippen molar-refractivity contribution in [2.24, 2.45) is 5.92 Å². The molecule has 1 N–H and O–H groups in total. The van der Waals surface area contributed by atoms with Crippen molar-refractivity contribution in [3.8, 4) is 11.5 Å². The first-order valence-electron chi connectivity index (χ1n) is 11.7. The van der Waals surface area contributed by atoms with Crippen molar-refractivity contribution < 1.29 is 14.3 Å². The molecule has 0 unspecified atom stereocenters. The fourth-order valence-corrected chi connectivity index (χ4v) is 5.04. The maximum atomic E-state index is 12.4. The average Bonchev–Trinajstić information content (AvgIpc) is 2.88. The molecule has 1 amide bonds. The third-order valence-corrected chi connectivity index (χ3v) is 6.65. The predicted octanol–water partition coefficient (Wildman–Crippen LogP) is 3.54. The number of hydrogen-bond acceptors (Lipinski definition) is 6. The van der Waals surface area contributed by atoms with Crippen molar-refractivity contribution in [2.45, 2.75) is 18.9 Å². The molecule has 1 fully saturated rings. The smallest absolute Gasteiger partial charge is 0.250 e. The molecule has 5 rings (SSSR count). The van der Waals surface area contributed by atoms with Gasteiger partial charge in [0, 0.05) is 43.4 Å². The van der Waals surface area contributed by atoms with Crippen LogP contribution in [-0.2, 0) is 11.3 Å². The molecule has 0 radical (unpaired) electrons. The van der Waals surface area contributed by atoms with Crippen LogP contribution < -0.4 is 25.2 Å². The SMILES string of the molecule is COc1ccc(C=CC(=O)Nc2ccc(N3C[C@@H]4C[C@@H](C3)c3cccc(=O)n3C4)nc2)cc1OC. The Hall–Kier alpha value is -4.07. The van der Waals surface area contributed by atoms with Crippen molar-refractivity contribution in [2.75, 3.05) is 37.5 Å². The predicted molar refractivity (Wildman–Crippen MR) is 135 cm³/mol. The van der Waals surface area contributed by atoms with Crippen LogP contribution in [0.15, 0.2) is 65.6 Å². The summed E-state index contributed by atoms with van der Waals surface area (Å²) in [7, 11) is 3.16. The van der Waals surface area contributed by atoms with Crippen LogP contribution in [0, 0.1) is 5.92 Å². The molecule has 8 heteroatoms. The Morgan fingerprint density at radius 1 is 1.06 bits per heavy atom. The van der Waals surface area contributed by atoms with Gasteiger partial charge in [0.25, 0.3) is 5.56 Å². The minimum atomic E-state index is -0.246. The van der Waals surface area contributed by atoms with Gasteiger partial charge in [-0.05, 0) is 54.3 Å². The molecule has 1 aromatic carbocycles. The van der Waals surface area contributed by atoms with E-state index in [9.17, 15) is 9.59 Å². The van der Waals surface area contributed by atoms with Crippen molar-refractivity contribution in [1.82, 2.24) is 9.55 Å². The minimum absolute atomic E-state index is 0.0871. The number of carbonyl (C=O) groups is 1. The number of pyridine rings is 2. The van der Waals surface area contributed by atoms with Crippen LogP contribution >= 0.6 is 0 Å². The van der Waals surface area contributed by atoms with E-state index in [2.05, 4.69) is 21.3 Å². The molecule has 35 heavy (non-hydrogen) atoms. The summed E-state index contributed by atoms with van der Waals surface area (Å²) in [6.07, 6.45) is 5.97. The number of nitrogens with zero attached hydrogens (tertiary/aromatic N) is 3. The third kappa shape index (κ3) is 4.77. The summed E-state index contributed by atoms with van der Waals surface area (Å²) in [6, 6.07) is 14.8. The lowest BCUT2D eigenvalue weighted by atomic mass is 9.83. The van der Waals surface area contributed by atoms with Crippen molar-refractivity contribution >= 4 is 23.5 Å². The Morgan fingerprint density at radius 2 is 1.91 bits per heavy atom. The van der Waals surface area contributed by atoms with Crippen LogP contribution in [0.4, 0.5) is 11.5 Å². The van der Waals surface area contributed by atoms with Gasteiger partial charge in [-0.2, -0.15) is 0 Å². The molecule has 0 spiro atoms. The summed E-state index contributed by atoms with van der Waals surface area (Å²) in [5.41, 5.74) is 2.66. The zero-order chi connectivity index (χ0) is 24.4. The lowest BCUT2D eigenvalue weighted by Gasteiger charge is -2.43. The van der Waals surface area contributed by atoms with Crippen molar-refractivity contribution in [1.29, 1.82) is 0 Å². The molecule has 8 nitrogen and oxygen atoms in total. The standard InChI is InChI=1S/C27H28N4O4/c1-34-23-9-6-18(13-24(23)35-2)7-11-26(32)29-21-8-10-25(28-14-21)30-15-19-12-20(17-30)22-4-3-5-27(33)31(22)16-19/h3-11,13-14,19-20H,12,15-17H2,1-2H3,(H,29,32)/t19-,20-/m0/s1. The van der Waals surface area contributed by atoms with Gasteiger partial charge in [0.1, 0.15) is 5.82 Å². The Morgan fingerprint density at radius 3 is 2.69 bits per heavy atom. The lowest BCUT2D eigenvalue weighted by Crippen LogP contribution is -2.47. The molecule has 2 atom stereocenters. The molecule has 2 aliphatic heterocycles. The van der Waals surface area contributed by atoms with Crippen LogP contribution in [-0.4, -0.2) is 42.8 Å². The quantitative estimate of drug-likeness (QED) is 0.553. The summed E-state index contributed by atoms with van der Waals surface area (Å²) in [5.74, 6) is 2.61. The van der Waals surface area contributed by atoms with Crippen LogP contribution in [0.3, 0.4) is 0 Å². The number of piperidine rings is 1. The van der Waals surface area contributed by atoms with Crippen molar-refractivity contribution in [3.63, 3.8) is 0 Å². The van der Waals surface area contributed by atoms with Crippen LogP contribution in [0.1, 0.15) is 23.6 Å². The molecular formula is C27H28N4O4. The van der Waals surface area contributed by atoms with Crippen molar-refractivity contribution in [3.05, 3.63) is 82.4 Å². The maximum Gasteiger partial charge on any atom is 0.250 e. The highest BCUT2D eigenvalue weighted by Gasteiger charge is 2.34. The number of benzene rings is 1. The van der Waals surface area contributed by atoms with Crippen LogP contribution in [0.2, 0.25) is 0 Å². The Balaban J connectivity index is 1.22. The van der Waals surface area contributed by atoms with Gasteiger partial charge in [0.05, 0.1) is 26.1 Å². The molecule has 180 valence electrons. The van der Waals surface area contributed by atoms with Gasteiger partial charge in [-0.25, -0.2) is 4.98 Å². The number of anilines is 2. The Labute approximate surface area is 203 Å². The highest BCUT2D eigenvalue weighted by atomic mass is 16.5. The second kappa shape index (κ2) is 9.66. The van der Waals surface area contributed by atoms with Gasteiger partial charge in [-0.1, -0.05) is 12.1 Å². The fraction of sp³-hybridized carbons (Fsp3) is 0.296. The number of ether oxygens (including phenoxy) is 2. The third-order valence-electron chi connectivity index (χ3n) is 6.65. The lowest BCUT2D eigenvalue weighted by molar-refractivity contribution is -0.111. The van der Waals surface area contributed by atoms with E-state index < -0.39 is 0 Å². The summed E-state index contributed by atoms with van der Waals surface area (Å²) in [5, 5.41) is 2.85. The summed E-state index contributed by atoms with van der Waals surface area (Å²) < 4.78 is 12.5. The second-order valence-corrected chi connectivity index (χ2v) is 8.95. The topological polar surface area (TPSA) is 85.7 Å². The summed E-state index contributed by atoms with van der Waals surface area (Å²) in [4.78, 5) is 31.5. The second-order valence-electron chi connectivity index (χ2n) is 8.95. The van der Waals surface area contributed by atoms with E-state index in [1.165, 1.54) is 6.08 Å². The van der Waals surface area contributed by atoms with E-state index in [1.54, 1.807) is 38.6 Å². The minimum Gasteiger partial charge on any atom is -0.493 e.